The van der Waals surface area contributed by atoms with Crippen LogP contribution in [0.5, 0.6) is 0 Å². The van der Waals surface area contributed by atoms with Gasteiger partial charge in [-0.15, -0.1) is 0 Å². The van der Waals surface area contributed by atoms with Gasteiger partial charge in [-0.25, -0.2) is 0 Å². The fraction of sp³-hybridized carbons (Fsp3) is 0.824. The van der Waals surface area contributed by atoms with Crippen LogP contribution < -0.4 is 0 Å². The zero-order valence-electron chi connectivity index (χ0n) is 12.1. The highest BCUT2D eigenvalue weighted by molar-refractivity contribution is 4.83. The molecule has 0 aromatic heterocycles. The Morgan fingerprint density at radius 2 is 1.06 bits per heavy atom. The lowest BCUT2D eigenvalue weighted by atomic mass is 10.0. The van der Waals surface area contributed by atoms with Crippen LogP contribution >= 0.6 is 0 Å². The van der Waals surface area contributed by atoms with Gasteiger partial charge >= 0.3 is 0 Å². The molecule has 0 aliphatic rings. The van der Waals surface area contributed by atoms with Crippen molar-refractivity contribution in [3.8, 4) is 0 Å². The molecular weight excluding hydrogens is 204 g/mol. The second-order valence-corrected chi connectivity index (χ2v) is 5.15. The van der Waals surface area contributed by atoms with Gasteiger partial charge in [0.25, 0.3) is 0 Å². The first-order valence-electron chi connectivity index (χ1n) is 7.86. The Morgan fingerprint density at radius 3 is 1.47 bits per heavy atom. The van der Waals surface area contributed by atoms with Crippen molar-refractivity contribution < 1.29 is 0 Å². The molecule has 1 radical (unpaired) electrons. The Balaban J connectivity index is 2.89. The molecule has 0 amide bonds. The highest BCUT2D eigenvalue weighted by Gasteiger charge is 1.92. The van der Waals surface area contributed by atoms with Crippen LogP contribution in [0, 0.1) is 6.92 Å². The molecular formula is C17H33. The smallest absolute Gasteiger partial charge is 0.0316 e. The van der Waals surface area contributed by atoms with Gasteiger partial charge in [0.05, 0.1) is 0 Å². The topological polar surface area (TPSA) is 0 Å². The zero-order chi connectivity index (χ0) is 12.6. The van der Waals surface area contributed by atoms with Gasteiger partial charge in [0.1, 0.15) is 0 Å². The van der Waals surface area contributed by atoms with E-state index < -0.39 is 0 Å². The lowest BCUT2D eigenvalue weighted by Crippen LogP contribution is -1.82. The molecule has 101 valence electrons. The SMILES string of the molecule is [CH2]/C=C/CCCCCCCCCCCCCC. The summed E-state index contributed by atoms with van der Waals surface area (Å²) in [6, 6.07) is 0. The van der Waals surface area contributed by atoms with Crippen LogP contribution in [0.2, 0.25) is 0 Å². The summed E-state index contributed by atoms with van der Waals surface area (Å²) < 4.78 is 0. The van der Waals surface area contributed by atoms with E-state index in [0.29, 0.717) is 0 Å². The zero-order valence-corrected chi connectivity index (χ0v) is 12.1. The lowest BCUT2D eigenvalue weighted by Gasteiger charge is -2.02. The number of unbranched alkanes of at least 4 members (excludes halogenated alkanes) is 12. The third-order valence-corrected chi connectivity index (χ3v) is 3.39. The van der Waals surface area contributed by atoms with Crippen molar-refractivity contribution in [2.75, 3.05) is 0 Å². The first-order valence-corrected chi connectivity index (χ1v) is 7.86. The number of rotatable bonds is 13. The van der Waals surface area contributed by atoms with Crippen LogP contribution in [0.25, 0.3) is 0 Å². The van der Waals surface area contributed by atoms with Crippen molar-refractivity contribution in [2.45, 2.75) is 90.4 Å². The summed E-state index contributed by atoms with van der Waals surface area (Å²) in [5, 5.41) is 0. The molecule has 0 fully saturated rings. The van der Waals surface area contributed by atoms with Crippen molar-refractivity contribution in [3.05, 3.63) is 19.1 Å². The molecule has 0 rings (SSSR count). The Labute approximate surface area is 110 Å². The molecule has 0 aliphatic heterocycles. The third kappa shape index (κ3) is 15.7. The van der Waals surface area contributed by atoms with Crippen molar-refractivity contribution in [3.63, 3.8) is 0 Å². The van der Waals surface area contributed by atoms with Crippen molar-refractivity contribution in [2.24, 2.45) is 0 Å². The minimum Gasteiger partial charge on any atom is -0.0885 e. The minimum absolute atomic E-state index is 1.22. The van der Waals surface area contributed by atoms with Crippen molar-refractivity contribution >= 4 is 0 Å². The maximum atomic E-state index is 3.70. The highest BCUT2D eigenvalue weighted by atomic mass is 14.0. The summed E-state index contributed by atoms with van der Waals surface area (Å²) in [4.78, 5) is 0. The molecule has 0 spiro atoms. The summed E-state index contributed by atoms with van der Waals surface area (Å²) in [7, 11) is 0. The van der Waals surface area contributed by atoms with Gasteiger partial charge in [0, 0.05) is 0 Å². The Kier molecular flexibility index (Phi) is 15.5. The summed E-state index contributed by atoms with van der Waals surface area (Å²) in [5.41, 5.74) is 0. The van der Waals surface area contributed by atoms with E-state index in [1.165, 1.54) is 83.5 Å². The molecule has 0 saturated heterocycles. The maximum Gasteiger partial charge on any atom is -0.0316 e. The largest absolute Gasteiger partial charge is 0.0885 e. The van der Waals surface area contributed by atoms with Gasteiger partial charge in [0.2, 0.25) is 0 Å². The molecule has 0 N–H and O–H groups in total. The monoisotopic (exact) mass is 237 g/mol. The van der Waals surface area contributed by atoms with Crippen LogP contribution in [0.3, 0.4) is 0 Å². The molecule has 0 aromatic rings. The molecule has 17 heavy (non-hydrogen) atoms. The molecule has 0 saturated carbocycles. The van der Waals surface area contributed by atoms with E-state index in [1.54, 1.807) is 0 Å². The van der Waals surface area contributed by atoms with Crippen LogP contribution in [0.15, 0.2) is 12.2 Å². The van der Waals surface area contributed by atoms with Gasteiger partial charge < -0.3 is 0 Å². The number of hydrogen-bond donors (Lipinski definition) is 0. The molecule has 0 nitrogen and oxygen atoms in total. The van der Waals surface area contributed by atoms with Gasteiger partial charge in [0.15, 0.2) is 0 Å². The quantitative estimate of drug-likeness (QED) is 0.322. The Hall–Kier alpha value is -0.260. The second-order valence-electron chi connectivity index (χ2n) is 5.15. The van der Waals surface area contributed by atoms with Crippen LogP contribution in [0.4, 0.5) is 0 Å². The van der Waals surface area contributed by atoms with E-state index in [0.717, 1.165) is 0 Å². The van der Waals surface area contributed by atoms with Crippen molar-refractivity contribution in [1.82, 2.24) is 0 Å². The highest BCUT2D eigenvalue weighted by Crippen LogP contribution is 2.12. The summed E-state index contributed by atoms with van der Waals surface area (Å²) in [6.45, 7) is 5.98. The first kappa shape index (κ1) is 16.7. The molecule has 0 aromatic carbocycles. The van der Waals surface area contributed by atoms with E-state index in [4.69, 9.17) is 0 Å². The lowest BCUT2D eigenvalue weighted by molar-refractivity contribution is 0.545. The predicted octanol–water partition coefficient (Wildman–Crippen LogP) is 6.47. The van der Waals surface area contributed by atoms with E-state index in [9.17, 15) is 0 Å². The molecule has 0 heteroatoms. The van der Waals surface area contributed by atoms with Gasteiger partial charge in [-0.1, -0.05) is 89.7 Å². The van der Waals surface area contributed by atoms with Gasteiger partial charge in [-0.2, -0.15) is 0 Å². The fourth-order valence-electron chi connectivity index (χ4n) is 2.22. The van der Waals surface area contributed by atoms with Gasteiger partial charge in [-0.3, -0.25) is 0 Å². The van der Waals surface area contributed by atoms with Crippen LogP contribution in [0.1, 0.15) is 90.4 Å². The van der Waals surface area contributed by atoms with E-state index in [-0.39, 0.29) is 0 Å². The first-order chi connectivity index (χ1) is 8.41. The second kappa shape index (κ2) is 15.7. The normalized spacial score (nSPS) is 11.4. The third-order valence-electron chi connectivity index (χ3n) is 3.39. The molecule has 0 atom stereocenters. The van der Waals surface area contributed by atoms with E-state index >= 15 is 0 Å². The average Bonchev–Trinajstić information content (AvgIpc) is 2.35. The Bertz CT molecular complexity index is 146. The molecule has 0 bridgehead atoms. The van der Waals surface area contributed by atoms with Crippen LogP contribution in [-0.2, 0) is 0 Å². The standard InChI is InChI=1S/C17H33/c1-3-5-7-9-11-13-15-17-16-14-12-10-8-6-4-2/h3,5H,1,4,6-17H2,2H3/b5-3+. The minimum atomic E-state index is 1.22. The maximum absolute atomic E-state index is 3.70. The fourth-order valence-corrected chi connectivity index (χ4v) is 2.22. The molecule has 0 unspecified atom stereocenters. The van der Waals surface area contributed by atoms with Gasteiger partial charge in [-0.05, 0) is 19.8 Å². The van der Waals surface area contributed by atoms with E-state index in [1.807, 2.05) is 6.08 Å². The van der Waals surface area contributed by atoms with Crippen molar-refractivity contribution in [1.29, 1.82) is 0 Å². The summed E-state index contributed by atoms with van der Waals surface area (Å²) in [5.74, 6) is 0. The summed E-state index contributed by atoms with van der Waals surface area (Å²) in [6.07, 6.45) is 22.5. The molecule has 0 aliphatic carbocycles. The number of hydrogen-bond acceptors (Lipinski definition) is 0. The molecule has 0 heterocycles. The summed E-state index contributed by atoms with van der Waals surface area (Å²) >= 11 is 0. The average molecular weight is 237 g/mol. The number of allylic oxidation sites excluding steroid dienone is 2. The predicted molar refractivity (Wildman–Crippen MR) is 80.2 cm³/mol. The Morgan fingerprint density at radius 1 is 0.647 bits per heavy atom. The van der Waals surface area contributed by atoms with Crippen LogP contribution in [-0.4, -0.2) is 0 Å². The van der Waals surface area contributed by atoms with E-state index in [2.05, 4.69) is 19.9 Å².